The molecule has 1 aromatic heterocycles. The number of nitrogens with zero attached hydrogens (tertiary/aromatic N) is 2. The molecule has 27 heavy (non-hydrogen) atoms. The summed E-state index contributed by atoms with van der Waals surface area (Å²) in [5.74, 6) is 1.88. The highest BCUT2D eigenvalue weighted by molar-refractivity contribution is 7.99. The minimum atomic E-state index is -0.175. The first-order chi connectivity index (χ1) is 13.1. The molecule has 140 valence electrons. The Morgan fingerprint density at radius 1 is 1.19 bits per heavy atom. The number of aryl methyl sites for hydroxylation is 1. The third-order valence-electron chi connectivity index (χ3n) is 3.88. The molecule has 0 saturated heterocycles. The number of amides is 1. The van der Waals surface area contributed by atoms with Gasteiger partial charge < -0.3 is 14.8 Å². The third-order valence-corrected chi connectivity index (χ3v) is 4.73. The van der Waals surface area contributed by atoms with Gasteiger partial charge in [0.25, 0.3) is 0 Å². The van der Waals surface area contributed by atoms with Crippen LogP contribution in [0, 0.1) is 6.92 Å². The highest BCUT2D eigenvalue weighted by Crippen LogP contribution is 2.29. The van der Waals surface area contributed by atoms with E-state index in [-0.39, 0.29) is 11.7 Å². The summed E-state index contributed by atoms with van der Waals surface area (Å²) < 4.78 is 10.4. The predicted molar refractivity (Wildman–Crippen MR) is 105 cm³/mol. The summed E-state index contributed by atoms with van der Waals surface area (Å²) in [5.41, 5.74) is 2.68. The number of thioether (sulfide) groups is 1. The number of methoxy groups -OCH3 is 2. The quantitative estimate of drug-likeness (QED) is 0.606. The zero-order chi connectivity index (χ0) is 19.2. The van der Waals surface area contributed by atoms with Crippen molar-refractivity contribution in [2.75, 3.05) is 25.3 Å². The normalized spacial score (nSPS) is 10.5. The van der Waals surface area contributed by atoms with Gasteiger partial charge in [0.2, 0.25) is 11.1 Å². The molecule has 0 aliphatic carbocycles. The molecule has 0 aliphatic heterocycles. The van der Waals surface area contributed by atoms with E-state index in [1.807, 2.05) is 31.2 Å². The van der Waals surface area contributed by atoms with Crippen molar-refractivity contribution in [2.24, 2.45) is 0 Å². The summed E-state index contributed by atoms with van der Waals surface area (Å²) in [4.78, 5) is 16.7. The van der Waals surface area contributed by atoms with Gasteiger partial charge in [-0.05, 0) is 24.6 Å². The molecule has 1 heterocycles. The monoisotopic (exact) mass is 384 g/mol. The lowest BCUT2D eigenvalue weighted by atomic mass is 10.1. The summed E-state index contributed by atoms with van der Waals surface area (Å²) in [6.45, 7) is 2.01. The van der Waals surface area contributed by atoms with Crippen LogP contribution in [0.2, 0.25) is 0 Å². The number of aromatic amines is 1. The van der Waals surface area contributed by atoms with Crippen LogP contribution in [0.1, 0.15) is 5.56 Å². The largest absolute Gasteiger partial charge is 0.497 e. The minimum Gasteiger partial charge on any atom is -0.497 e. The zero-order valence-corrected chi connectivity index (χ0v) is 16.1. The van der Waals surface area contributed by atoms with E-state index in [1.54, 1.807) is 32.4 Å². The number of carbonyl (C=O) groups excluding carboxylic acids is 1. The number of carbonyl (C=O) groups is 1. The molecular formula is C19H20N4O3S. The topological polar surface area (TPSA) is 89.1 Å². The summed E-state index contributed by atoms with van der Waals surface area (Å²) in [7, 11) is 3.12. The van der Waals surface area contributed by atoms with Crippen LogP contribution in [0.5, 0.6) is 11.5 Å². The molecule has 0 aliphatic rings. The van der Waals surface area contributed by atoms with Gasteiger partial charge in [0.15, 0.2) is 5.82 Å². The number of ether oxygens (including phenoxy) is 2. The Labute approximate surface area is 161 Å². The van der Waals surface area contributed by atoms with E-state index in [4.69, 9.17) is 9.47 Å². The summed E-state index contributed by atoms with van der Waals surface area (Å²) >= 11 is 1.26. The van der Waals surface area contributed by atoms with Gasteiger partial charge >= 0.3 is 0 Å². The van der Waals surface area contributed by atoms with E-state index in [9.17, 15) is 4.79 Å². The van der Waals surface area contributed by atoms with Crippen LogP contribution >= 0.6 is 11.8 Å². The van der Waals surface area contributed by atoms with E-state index < -0.39 is 0 Å². The summed E-state index contributed by atoms with van der Waals surface area (Å²) in [6, 6.07) is 13.1. The summed E-state index contributed by atoms with van der Waals surface area (Å²) in [5, 5.41) is 10.4. The maximum Gasteiger partial charge on any atom is 0.234 e. The second-order valence-corrected chi connectivity index (χ2v) is 6.63. The second-order valence-electron chi connectivity index (χ2n) is 5.68. The maximum atomic E-state index is 12.3. The zero-order valence-electron chi connectivity index (χ0n) is 15.3. The number of rotatable bonds is 7. The van der Waals surface area contributed by atoms with Gasteiger partial charge in [-0.3, -0.25) is 9.89 Å². The fourth-order valence-corrected chi connectivity index (χ4v) is 3.09. The number of aromatic nitrogens is 3. The first-order valence-electron chi connectivity index (χ1n) is 8.24. The number of nitrogens with one attached hydrogen (secondary N) is 2. The molecule has 0 bridgehead atoms. The Kier molecular flexibility index (Phi) is 5.97. The van der Waals surface area contributed by atoms with Crippen LogP contribution in [0.25, 0.3) is 11.4 Å². The smallest absolute Gasteiger partial charge is 0.234 e. The minimum absolute atomic E-state index is 0.175. The number of H-pyrrole nitrogens is 1. The Hall–Kier alpha value is -3.00. The number of hydrogen-bond donors (Lipinski definition) is 2. The predicted octanol–water partition coefficient (Wildman–Crippen LogP) is 3.53. The molecular weight excluding hydrogens is 364 g/mol. The molecule has 1 amide bonds. The van der Waals surface area contributed by atoms with Crippen LogP contribution in [0.3, 0.4) is 0 Å². The molecule has 0 fully saturated rings. The van der Waals surface area contributed by atoms with Crippen LogP contribution in [0.4, 0.5) is 5.69 Å². The first-order valence-corrected chi connectivity index (χ1v) is 9.22. The standard InChI is InChI=1S/C19H20N4O3S/c1-12-6-4-5-7-14(12)18-21-19(23-22-18)27-11-17(24)20-15-9-8-13(25-2)10-16(15)26-3/h4-10H,11H2,1-3H3,(H,20,24)(H,21,22,23). The maximum absolute atomic E-state index is 12.3. The van der Waals surface area contributed by atoms with Gasteiger partial charge in [-0.15, -0.1) is 5.10 Å². The number of anilines is 1. The fraction of sp³-hybridized carbons (Fsp3) is 0.211. The van der Waals surface area contributed by atoms with E-state index in [2.05, 4.69) is 20.5 Å². The molecule has 0 saturated carbocycles. The van der Waals surface area contributed by atoms with Crippen molar-refractivity contribution in [1.29, 1.82) is 0 Å². The van der Waals surface area contributed by atoms with E-state index in [0.717, 1.165) is 11.1 Å². The molecule has 2 aromatic carbocycles. The number of hydrogen-bond acceptors (Lipinski definition) is 6. The first kappa shape index (κ1) is 18.8. The van der Waals surface area contributed by atoms with Gasteiger partial charge in [-0.1, -0.05) is 36.0 Å². The number of benzene rings is 2. The van der Waals surface area contributed by atoms with E-state index >= 15 is 0 Å². The average molecular weight is 384 g/mol. The molecule has 2 N–H and O–H groups in total. The highest BCUT2D eigenvalue weighted by atomic mass is 32.2. The lowest BCUT2D eigenvalue weighted by Gasteiger charge is -2.11. The van der Waals surface area contributed by atoms with Crippen molar-refractivity contribution in [3.63, 3.8) is 0 Å². The molecule has 3 rings (SSSR count). The van der Waals surface area contributed by atoms with Gasteiger partial charge in [0.1, 0.15) is 11.5 Å². The average Bonchev–Trinajstić information content (AvgIpc) is 3.16. The third kappa shape index (κ3) is 4.59. The van der Waals surface area contributed by atoms with Crippen LogP contribution in [0.15, 0.2) is 47.6 Å². The molecule has 0 spiro atoms. The van der Waals surface area contributed by atoms with Crippen molar-refractivity contribution in [3.8, 4) is 22.9 Å². The Morgan fingerprint density at radius 3 is 2.74 bits per heavy atom. The Bertz CT molecular complexity index is 942. The lowest BCUT2D eigenvalue weighted by molar-refractivity contribution is -0.113. The van der Waals surface area contributed by atoms with E-state index in [0.29, 0.717) is 28.2 Å². The van der Waals surface area contributed by atoms with Gasteiger partial charge in [0, 0.05) is 11.6 Å². The van der Waals surface area contributed by atoms with Crippen molar-refractivity contribution in [2.45, 2.75) is 12.1 Å². The van der Waals surface area contributed by atoms with Crippen LogP contribution in [-0.2, 0) is 4.79 Å². The van der Waals surface area contributed by atoms with Gasteiger partial charge in [-0.25, -0.2) is 4.98 Å². The van der Waals surface area contributed by atoms with Crippen molar-refractivity contribution >= 4 is 23.4 Å². The lowest BCUT2D eigenvalue weighted by Crippen LogP contribution is -2.14. The molecule has 0 atom stereocenters. The van der Waals surface area contributed by atoms with Crippen LogP contribution < -0.4 is 14.8 Å². The SMILES string of the molecule is COc1ccc(NC(=O)CSc2n[nH]c(-c3ccccc3C)n2)c(OC)c1. The second kappa shape index (κ2) is 8.59. The van der Waals surface area contributed by atoms with Crippen molar-refractivity contribution < 1.29 is 14.3 Å². The molecule has 7 nitrogen and oxygen atoms in total. The van der Waals surface area contributed by atoms with E-state index in [1.165, 1.54) is 11.8 Å². The Morgan fingerprint density at radius 2 is 2.00 bits per heavy atom. The van der Waals surface area contributed by atoms with Gasteiger partial charge in [0.05, 0.1) is 25.7 Å². The summed E-state index contributed by atoms with van der Waals surface area (Å²) in [6.07, 6.45) is 0. The van der Waals surface area contributed by atoms with Gasteiger partial charge in [-0.2, -0.15) is 0 Å². The fourth-order valence-electron chi connectivity index (χ4n) is 2.49. The van der Waals surface area contributed by atoms with Crippen LogP contribution in [-0.4, -0.2) is 41.1 Å². The molecule has 3 aromatic rings. The van der Waals surface area contributed by atoms with Crippen molar-refractivity contribution in [1.82, 2.24) is 15.2 Å². The Balaban J connectivity index is 1.61. The molecule has 0 unspecified atom stereocenters. The highest BCUT2D eigenvalue weighted by Gasteiger charge is 2.12. The van der Waals surface area contributed by atoms with Crippen molar-refractivity contribution in [3.05, 3.63) is 48.0 Å². The molecule has 0 radical (unpaired) electrons. The molecule has 8 heteroatoms.